The second-order valence-corrected chi connectivity index (χ2v) is 26.6. The topological polar surface area (TPSA) is 32.8 Å². The number of nitrogens with zero attached hydrogens (tertiary/aromatic N) is 2. The fourth-order valence-electron chi connectivity index (χ4n) is 14.9. The summed E-state index contributed by atoms with van der Waals surface area (Å²) < 4.78 is 14.4. The zero-order valence-corrected chi connectivity index (χ0v) is 52.4. The Morgan fingerprint density at radius 1 is 0.217 bits per heavy atom. The SMILES string of the molecule is CC(C)(C)c1cccc2c1oc1c(N(c3ccccc3)c3ccc4c(-c5ccccc5)c5c(c(-c6ccccc6)c4c3)-c3c-5c(-c4ccccc4)c4cc(N(c5ccccc5)c5cccc6c5oc5c(C(C)(C)C)cccc56)ccc4c3-c3ccccc3)cccc12. The molecule has 14 aromatic carbocycles. The Morgan fingerprint density at radius 3 is 0.815 bits per heavy atom. The Hall–Kier alpha value is -11.2. The van der Waals surface area contributed by atoms with Gasteiger partial charge in [0.2, 0.25) is 0 Å². The van der Waals surface area contributed by atoms with Crippen LogP contribution in [0.1, 0.15) is 52.7 Å². The molecule has 4 heteroatoms. The van der Waals surface area contributed by atoms with E-state index in [0.29, 0.717) is 0 Å². The number of anilines is 6. The van der Waals surface area contributed by atoms with E-state index in [-0.39, 0.29) is 10.8 Å². The van der Waals surface area contributed by atoms with E-state index in [9.17, 15) is 0 Å². The van der Waals surface area contributed by atoms with Crippen LogP contribution in [0.25, 0.3) is 132 Å². The lowest BCUT2D eigenvalue weighted by Crippen LogP contribution is -2.12. The van der Waals surface area contributed by atoms with Crippen LogP contribution in [0.5, 0.6) is 0 Å². The number of fused-ring (bicyclic) bond motifs is 12. The summed E-state index contributed by atoms with van der Waals surface area (Å²) in [6.45, 7) is 13.6. The van der Waals surface area contributed by atoms with Crippen LogP contribution in [0.15, 0.2) is 300 Å². The summed E-state index contributed by atoms with van der Waals surface area (Å²) in [7, 11) is 0. The quantitative estimate of drug-likeness (QED) is 0.137. The van der Waals surface area contributed by atoms with E-state index in [2.05, 4.69) is 343 Å². The van der Waals surface area contributed by atoms with Gasteiger partial charge >= 0.3 is 0 Å². The Bertz CT molecular complexity index is 5200. The van der Waals surface area contributed by atoms with Crippen LogP contribution < -0.4 is 9.80 Å². The molecule has 1 aliphatic carbocycles. The van der Waals surface area contributed by atoms with Gasteiger partial charge in [-0.1, -0.05) is 272 Å². The highest BCUT2D eigenvalue weighted by Gasteiger charge is 2.39. The molecule has 0 aliphatic heterocycles. The first-order valence-electron chi connectivity index (χ1n) is 32.1. The number of hydrogen-bond donors (Lipinski definition) is 0. The maximum Gasteiger partial charge on any atom is 0.159 e. The zero-order chi connectivity index (χ0) is 62.0. The van der Waals surface area contributed by atoms with Gasteiger partial charge in [0.05, 0.1) is 11.4 Å². The van der Waals surface area contributed by atoms with Crippen molar-refractivity contribution in [3.63, 3.8) is 0 Å². The predicted molar refractivity (Wildman–Crippen MR) is 389 cm³/mol. The van der Waals surface area contributed by atoms with Gasteiger partial charge in [0.25, 0.3) is 0 Å². The average molecular weight is 1180 g/mol. The second kappa shape index (κ2) is 21.2. The standard InChI is InChI=1S/C88H66N2O2/c1-87(2,3)71-45-25-41-65-67-43-27-47-73(85(67)91-83(65)71)89(59-37-21-11-22-38-59)61-49-51-63-69(53-61)77(57-33-17-9-18-34-57)81-79(75(63)55-29-13-7-14-30-55)82-78(58-35-19-10-20-36-58)70-54-62(50-52-64(70)76(80(81)82)56-31-15-8-16-32-56)90(60-39-23-12-24-40-60)74-48-28-44-68-66-42-26-46-72(88(4,5)6)84(66)92-86(68)74/h7-54H,1-6H3. The Balaban J connectivity index is 0.979. The van der Waals surface area contributed by atoms with Gasteiger partial charge in [-0.05, 0) is 160 Å². The lowest BCUT2D eigenvalue weighted by atomic mass is 9.65. The van der Waals surface area contributed by atoms with E-state index in [1.54, 1.807) is 0 Å². The molecule has 0 spiro atoms. The van der Waals surface area contributed by atoms with Crippen molar-refractivity contribution in [2.45, 2.75) is 52.4 Å². The average Bonchev–Trinajstić information content (AvgIpc) is 0.841. The summed E-state index contributed by atoms with van der Waals surface area (Å²) >= 11 is 0. The van der Waals surface area contributed by atoms with Gasteiger partial charge in [0.1, 0.15) is 11.2 Å². The summed E-state index contributed by atoms with van der Waals surface area (Å²) in [4.78, 5) is 4.80. The number of para-hydroxylation sites is 6. The van der Waals surface area contributed by atoms with Gasteiger partial charge < -0.3 is 18.6 Å². The van der Waals surface area contributed by atoms with Crippen molar-refractivity contribution >= 4 is 99.5 Å². The maximum atomic E-state index is 7.20. The van der Waals surface area contributed by atoms with Crippen LogP contribution in [0.4, 0.5) is 34.1 Å². The summed E-state index contributed by atoms with van der Waals surface area (Å²) in [6.07, 6.45) is 0. The Labute approximate surface area is 536 Å². The molecule has 2 aromatic heterocycles. The van der Waals surface area contributed by atoms with E-state index < -0.39 is 0 Å². The van der Waals surface area contributed by atoms with Crippen LogP contribution in [-0.4, -0.2) is 0 Å². The molecule has 1 aliphatic rings. The number of benzene rings is 14. The van der Waals surface area contributed by atoms with Gasteiger partial charge in [-0.3, -0.25) is 0 Å². The smallest absolute Gasteiger partial charge is 0.159 e. The first-order chi connectivity index (χ1) is 45.0. The van der Waals surface area contributed by atoms with Crippen LogP contribution in [0.3, 0.4) is 0 Å². The molecule has 92 heavy (non-hydrogen) atoms. The molecule has 0 bridgehead atoms. The molecule has 16 aromatic rings. The third kappa shape index (κ3) is 8.65. The highest BCUT2D eigenvalue weighted by atomic mass is 16.3. The van der Waals surface area contributed by atoms with Crippen molar-refractivity contribution in [1.82, 2.24) is 0 Å². The van der Waals surface area contributed by atoms with Crippen molar-refractivity contribution in [3.8, 4) is 66.8 Å². The van der Waals surface area contributed by atoms with E-state index in [0.717, 1.165) is 111 Å². The first kappa shape index (κ1) is 54.9. The largest absolute Gasteiger partial charge is 0.454 e. The predicted octanol–water partition coefficient (Wildman–Crippen LogP) is 25.6. The van der Waals surface area contributed by atoms with Crippen LogP contribution >= 0.6 is 0 Å². The van der Waals surface area contributed by atoms with Gasteiger partial charge in [-0.2, -0.15) is 0 Å². The molecular formula is C88H66N2O2. The molecule has 2 heterocycles. The lowest BCUT2D eigenvalue weighted by Gasteiger charge is -2.37. The summed E-state index contributed by atoms with van der Waals surface area (Å²) in [6, 6.07) is 107. The fraction of sp³-hybridized carbons (Fsp3) is 0.0909. The normalized spacial score (nSPS) is 12.2. The monoisotopic (exact) mass is 1180 g/mol. The zero-order valence-electron chi connectivity index (χ0n) is 52.4. The minimum absolute atomic E-state index is 0.125. The fourth-order valence-corrected chi connectivity index (χ4v) is 14.9. The minimum Gasteiger partial charge on any atom is -0.454 e. The summed E-state index contributed by atoms with van der Waals surface area (Å²) in [5.74, 6) is 0. The summed E-state index contributed by atoms with van der Waals surface area (Å²) in [5, 5.41) is 9.08. The van der Waals surface area contributed by atoms with Crippen molar-refractivity contribution in [1.29, 1.82) is 0 Å². The molecule has 440 valence electrons. The molecule has 0 saturated carbocycles. The third-order valence-electron chi connectivity index (χ3n) is 19.0. The van der Waals surface area contributed by atoms with E-state index in [1.165, 1.54) is 66.4 Å². The molecule has 0 saturated heterocycles. The number of rotatable bonds is 10. The van der Waals surface area contributed by atoms with E-state index >= 15 is 0 Å². The van der Waals surface area contributed by atoms with Gasteiger partial charge in [-0.15, -0.1) is 0 Å². The Morgan fingerprint density at radius 2 is 0.500 bits per heavy atom. The molecule has 0 atom stereocenters. The van der Waals surface area contributed by atoms with Crippen LogP contribution in [0, 0.1) is 0 Å². The highest BCUT2D eigenvalue weighted by molar-refractivity contribution is 6.33. The molecule has 0 fully saturated rings. The first-order valence-corrected chi connectivity index (χ1v) is 32.1. The van der Waals surface area contributed by atoms with E-state index in [1.807, 2.05) is 0 Å². The maximum absolute atomic E-state index is 7.20. The molecule has 17 rings (SSSR count). The van der Waals surface area contributed by atoms with Gasteiger partial charge in [0.15, 0.2) is 11.2 Å². The third-order valence-corrected chi connectivity index (χ3v) is 19.0. The van der Waals surface area contributed by atoms with Crippen molar-refractivity contribution < 1.29 is 8.83 Å². The Kier molecular flexibility index (Phi) is 12.7. The van der Waals surface area contributed by atoms with Crippen molar-refractivity contribution in [2.75, 3.05) is 9.80 Å². The minimum atomic E-state index is -0.125. The van der Waals surface area contributed by atoms with Gasteiger partial charge in [0, 0.05) is 55.4 Å². The van der Waals surface area contributed by atoms with Crippen LogP contribution in [-0.2, 0) is 10.8 Å². The van der Waals surface area contributed by atoms with E-state index in [4.69, 9.17) is 8.83 Å². The van der Waals surface area contributed by atoms with Crippen LogP contribution in [0.2, 0.25) is 0 Å². The number of hydrogen-bond acceptors (Lipinski definition) is 4. The molecule has 0 radical (unpaired) electrons. The van der Waals surface area contributed by atoms with Crippen molar-refractivity contribution in [3.05, 3.63) is 302 Å². The summed E-state index contributed by atoms with van der Waals surface area (Å²) in [5.41, 5.74) is 26.2. The highest BCUT2D eigenvalue weighted by Crippen LogP contribution is 2.66. The second-order valence-electron chi connectivity index (χ2n) is 26.6. The van der Waals surface area contributed by atoms with Crippen molar-refractivity contribution in [2.24, 2.45) is 0 Å². The molecule has 4 nitrogen and oxygen atoms in total. The molecule has 0 amide bonds. The molecule has 0 N–H and O–H groups in total. The number of furan rings is 2. The van der Waals surface area contributed by atoms with Gasteiger partial charge in [-0.25, -0.2) is 0 Å². The molecular weight excluding hydrogens is 1120 g/mol. The molecule has 0 unspecified atom stereocenters. The lowest BCUT2D eigenvalue weighted by molar-refractivity contribution is 0.572.